The Labute approximate surface area is 145 Å². The van der Waals surface area contributed by atoms with E-state index >= 15 is 0 Å². The molecule has 2 heterocycles. The van der Waals surface area contributed by atoms with E-state index in [2.05, 4.69) is 47.6 Å². The number of carbonyl (C=O) groups excluding carboxylic acids is 1. The highest BCUT2D eigenvalue weighted by molar-refractivity contribution is 7.16. The van der Waals surface area contributed by atoms with Crippen LogP contribution < -0.4 is 4.80 Å². The highest BCUT2D eigenvalue weighted by atomic mass is 32.1. The second-order valence-corrected chi connectivity index (χ2v) is 7.23. The van der Waals surface area contributed by atoms with Crippen molar-refractivity contribution in [3.8, 4) is 0 Å². The number of hydrogen-bond acceptors (Lipinski definition) is 3. The van der Waals surface area contributed by atoms with Gasteiger partial charge in [0.25, 0.3) is 5.91 Å². The van der Waals surface area contributed by atoms with Crippen molar-refractivity contribution >= 4 is 27.5 Å². The molecule has 1 amide bonds. The van der Waals surface area contributed by atoms with E-state index in [0.717, 1.165) is 16.9 Å². The Morgan fingerprint density at radius 3 is 2.71 bits per heavy atom. The molecule has 0 aliphatic heterocycles. The molecular formula is C18H22N4OS. The van der Waals surface area contributed by atoms with Crippen molar-refractivity contribution in [1.29, 1.82) is 0 Å². The Kier molecular flexibility index (Phi) is 4.41. The maximum Gasteiger partial charge on any atom is 0.300 e. The van der Waals surface area contributed by atoms with E-state index < -0.39 is 0 Å². The number of nitrogens with zero attached hydrogens (tertiary/aromatic N) is 4. The fraction of sp³-hybridized carbons (Fsp3) is 0.389. The minimum atomic E-state index is -0.294. The SMILES string of the molecule is CCn1c(=NC(=O)c2ccn(C(C)C)n2)sc2c(C)cc(C)cc21. The summed E-state index contributed by atoms with van der Waals surface area (Å²) in [6.45, 7) is 11.1. The van der Waals surface area contributed by atoms with E-state index in [4.69, 9.17) is 0 Å². The molecule has 0 fully saturated rings. The van der Waals surface area contributed by atoms with Gasteiger partial charge in [-0.2, -0.15) is 10.1 Å². The van der Waals surface area contributed by atoms with Gasteiger partial charge >= 0.3 is 0 Å². The molecule has 24 heavy (non-hydrogen) atoms. The molecule has 0 saturated heterocycles. The lowest BCUT2D eigenvalue weighted by atomic mass is 10.1. The third-order valence-corrected chi connectivity index (χ3v) is 5.21. The van der Waals surface area contributed by atoms with Crippen LogP contribution in [0, 0.1) is 13.8 Å². The van der Waals surface area contributed by atoms with E-state index in [0.29, 0.717) is 5.69 Å². The zero-order valence-electron chi connectivity index (χ0n) is 14.7. The molecule has 0 atom stereocenters. The van der Waals surface area contributed by atoms with Crippen molar-refractivity contribution < 1.29 is 4.79 Å². The van der Waals surface area contributed by atoms with Gasteiger partial charge in [0.1, 0.15) is 0 Å². The first-order valence-electron chi connectivity index (χ1n) is 8.15. The summed E-state index contributed by atoms with van der Waals surface area (Å²) in [5, 5.41) is 4.32. The molecule has 0 N–H and O–H groups in total. The van der Waals surface area contributed by atoms with Crippen LogP contribution in [0.15, 0.2) is 29.4 Å². The molecule has 1 aromatic carbocycles. The largest absolute Gasteiger partial charge is 0.317 e. The van der Waals surface area contributed by atoms with E-state index in [9.17, 15) is 4.79 Å². The van der Waals surface area contributed by atoms with Crippen molar-refractivity contribution in [2.45, 2.75) is 47.2 Å². The second kappa shape index (κ2) is 6.36. The zero-order valence-corrected chi connectivity index (χ0v) is 15.5. The molecule has 0 unspecified atom stereocenters. The number of fused-ring (bicyclic) bond motifs is 1. The second-order valence-electron chi connectivity index (χ2n) is 6.25. The van der Waals surface area contributed by atoms with E-state index in [1.54, 1.807) is 22.1 Å². The third-order valence-electron chi connectivity index (χ3n) is 3.98. The molecule has 126 valence electrons. The molecule has 0 radical (unpaired) electrons. The van der Waals surface area contributed by atoms with Gasteiger partial charge in [-0.05, 0) is 57.9 Å². The molecule has 2 aromatic heterocycles. The summed E-state index contributed by atoms with van der Waals surface area (Å²) in [7, 11) is 0. The van der Waals surface area contributed by atoms with Crippen molar-refractivity contribution in [3.05, 3.63) is 46.0 Å². The first kappa shape index (κ1) is 16.6. The quantitative estimate of drug-likeness (QED) is 0.726. The van der Waals surface area contributed by atoms with Crippen LogP contribution in [-0.2, 0) is 6.54 Å². The van der Waals surface area contributed by atoms with Crippen LogP contribution in [0.3, 0.4) is 0 Å². The van der Waals surface area contributed by atoms with E-state index in [-0.39, 0.29) is 11.9 Å². The molecule has 3 aromatic rings. The van der Waals surface area contributed by atoms with Gasteiger partial charge in [0.2, 0.25) is 0 Å². The monoisotopic (exact) mass is 342 g/mol. The first-order chi connectivity index (χ1) is 11.4. The lowest BCUT2D eigenvalue weighted by Gasteiger charge is -2.03. The van der Waals surface area contributed by atoms with Gasteiger partial charge in [0, 0.05) is 18.8 Å². The first-order valence-corrected chi connectivity index (χ1v) is 8.97. The number of amides is 1. The lowest BCUT2D eigenvalue weighted by molar-refractivity contribution is 0.0992. The van der Waals surface area contributed by atoms with Gasteiger partial charge in [0.15, 0.2) is 10.5 Å². The standard InChI is InChI=1S/C18H22N4OS/c1-6-21-15-10-12(4)9-13(5)16(15)24-18(21)19-17(23)14-7-8-22(20-14)11(2)3/h7-11H,6H2,1-5H3. The molecule has 5 nitrogen and oxygen atoms in total. The fourth-order valence-electron chi connectivity index (χ4n) is 2.79. The zero-order chi connectivity index (χ0) is 17.4. The van der Waals surface area contributed by atoms with Gasteiger partial charge in [-0.15, -0.1) is 0 Å². The number of aryl methyl sites for hydroxylation is 3. The van der Waals surface area contributed by atoms with Gasteiger partial charge in [0.05, 0.1) is 10.2 Å². The molecular weight excluding hydrogens is 320 g/mol. The number of aromatic nitrogens is 3. The molecule has 0 bridgehead atoms. The highest BCUT2D eigenvalue weighted by Gasteiger charge is 2.13. The molecule has 0 saturated carbocycles. The van der Waals surface area contributed by atoms with Crippen LogP contribution in [0.1, 0.15) is 48.4 Å². The van der Waals surface area contributed by atoms with Crippen LogP contribution >= 0.6 is 11.3 Å². The Morgan fingerprint density at radius 1 is 1.33 bits per heavy atom. The number of rotatable bonds is 3. The smallest absolute Gasteiger partial charge is 0.300 e. The summed E-state index contributed by atoms with van der Waals surface area (Å²) < 4.78 is 5.05. The van der Waals surface area contributed by atoms with Crippen LogP contribution in [0.5, 0.6) is 0 Å². The van der Waals surface area contributed by atoms with Gasteiger partial charge in [-0.1, -0.05) is 17.4 Å². The number of hydrogen-bond donors (Lipinski definition) is 0. The minimum absolute atomic E-state index is 0.224. The third kappa shape index (κ3) is 2.94. The van der Waals surface area contributed by atoms with Crippen molar-refractivity contribution in [3.63, 3.8) is 0 Å². The van der Waals surface area contributed by atoms with Crippen molar-refractivity contribution in [2.75, 3.05) is 0 Å². The average Bonchev–Trinajstić information content (AvgIpc) is 3.12. The minimum Gasteiger partial charge on any atom is -0.317 e. The van der Waals surface area contributed by atoms with E-state index in [1.165, 1.54) is 15.8 Å². The van der Waals surface area contributed by atoms with Crippen LogP contribution in [0.2, 0.25) is 0 Å². The molecule has 0 spiro atoms. The van der Waals surface area contributed by atoms with E-state index in [1.807, 2.05) is 20.0 Å². The average molecular weight is 342 g/mol. The maximum atomic E-state index is 12.5. The Bertz CT molecular complexity index is 975. The summed E-state index contributed by atoms with van der Waals surface area (Å²) in [5.74, 6) is -0.294. The molecule has 0 aliphatic carbocycles. The normalized spacial score (nSPS) is 12.5. The lowest BCUT2D eigenvalue weighted by Crippen LogP contribution is -2.16. The van der Waals surface area contributed by atoms with Gasteiger partial charge < -0.3 is 4.57 Å². The molecule has 3 rings (SSSR count). The maximum absolute atomic E-state index is 12.5. The predicted molar refractivity (Wildman–Crippen MR) is 97.5 cm³/mol. The highest BCUT2D eigenvalue weighted by Crippen LogP contribution is 2.23. The number of thiazole rings is 1. The van der Waals surface area contributed by atoms with Gasteiger partial charge in [-0.3, -0.25) is 9.48 Å². The van der Waals surface area contributed by atoms with Crippen molar-refractivity contribution in [1.82, 2.24) is 14.3 Å². The fourth-order valence-corrected chi connectivity index (χ4v) is 3.93. The van der Waals surface area contributed by atoms with Crippen LogP contribution in [-0.4, -0.2) is 20.3 Å². The van der Waals surface area contributed by atoms with Crippen LogP contribution in [0.4, 0.5) is 0 Å². The number of carbonyl (C=O) groups is 1. The Morgan fingerprint density at radius 2 is 2.08 bits per heavy atom. The summed E-state index contributed by atoms with van der Waals surface area (Å²) in [5.41, 5.74) is 3.96. The summed E-state index contributed by atoms with van der Waals surface area (Å²) in [6.07, 6.45) is 1.82. The summed E-state index contributed by atoms with van der Waals surface area (Å²) in [6, 6.07) is 6.26. The Balaban J connectivity index is 2.12. The summed E-state index contributed by atoms with van der Waals surface area (Å²) in [4.78, 5) is 17.6. The topological polar surface area (TPSA) is 52.2 Å². The van der Waals surface area contributed by atoms with Gasteiger partial charge in [-0.25, -0.2) is 0 Å². The molecule has 6 heteroatoms. The number of benzene rings is 1. The van der Waals surface area contributed by atoms with Crippen molar-refractivity contribution in [2.24, 2.45) is 4.99 Å². The predicted octanol–water partition coefficient (Wildman–Crippen LogP) is 3.86. The Hall–Kier alpha value is -2.21. The van der Waals surface area contributed by atoms with Crippen LogP contribution in [0.25, 0.3) is 10.2 Å². The summed E-state index contributed by atoms with van der Waals surface area (Å²) >= 11 is 1.56. The molecule has 0 aliphatic rings.